The fourth-order valence-electron chi connectivity index (χ4n) is 1.46. The first-order valence-corrected chi connectivity index (χ1v) is 5.00. The molecule has 1 heterocycles. The van der Waals surface area contributed by atoms with Gasteiger partial charge in [-0.1, -0.05) is 0 Å². The summed E-state index contributed by atoms with van der Waals surface area (Å²) >= 11 is 1.78. The minimum Gasteiger partial charge on any atom is -0.330 e. The molecule has 0 atom stereocenters. The first kappa shape index (κ1) is 7.32. The molecule has 0 amide bonds. The van der Waals surface area contributed by atoms with Crippen LogP contribution in [0.3, 0.4) is 0 Å². The van der Waals surface area contributed by atoms with Crippen molar-refractivity contribution in [2.24, 2.45) is 11.1 Å². The van der Waals surface area contributed by atoms with Crippen LogP contribution in [-0.4, -0.2) is 6.54 Å². The molecule has 11 heavy (non-hydrogen) atoms. The Bertz CT molecular complexity index is 224. The van der Waals surface area contributed by atoms with Crippen LogP contribution < -0.4 is 5.73 Å². The van der Waals surface area contributed by atoms with Crippen molar-refractivity contribution < 1.29 is 0 Å². The molecule has 1 aliphatic carbocycles. The van der Waals surface area contributed by atoms with E-state index in [0.717, 1.165) is 6.54 Å². The third kappa shape index (κ3) is 1.47. The Balaban J connectivity index is 2.01. The standard InChI is InChI=1S/C9H13NS/c10-7-9(2-3-9)5-8-1-4-11-6-8/h1,4,6H,2-3,5,7,10H2. The lowest BCUT2D eigenvalue weighted by atomic mass is 9.99. The van der Waals surface area contributed by atoms with E-state index in [2.05, 4.69) is 16.8 Å². The number of rotatable bonds is 3. The molecule has 0 aromatic carbocycles. The Hall–Kier alpha value is -0.340. The number of hydrogen-bond donors (Lipinski definition) is 1. The van der Waals surface area contributed by atoms with Gasteiger partial charge in [0.1, 0.15) is 0 Å². The number of hydrogen-bond acceptors (Lipinski definition) is 2. The van der Waals surface area contributed by atoms with Crippen LogP contribution >= 0.6 is 11.3 Å². The number of thiophene rings is 1. The van der Waals surface area contributed by atoms with E-state index in [1.807, 2.05) is 0 Å². The summed E-state index contributed by atoms with van der Waals surface area (Å²) in [7, 11) is 0. The molecule has 0 radical (unpaired) electrons. The highest BCUT2D eigenvalue weighted by atomic mass is 32.1. The summed E-state index contributed by atoms with van der Waals surface area (Å²) in [6.07, 6.45) is 3.87. The molecule has 1 nitrogen and oxygen atoms in total. The zero-order valence-corrected chi connectivity index (χ0v) is 7.36. The van der Waals surface area contributed by atoms with Gasteiger partial charge in [0.05, 0.1) is 0 Å². The lowest BCUT2D eigenvalue weighted by Gasteiger charge is -2.09. The van der Waals surface area contributed by atoms with E-state index >= 15 is 0 Å². The molecule has 2 rings (SSSR count). The molecule has 1 saturated carbocycles. The van der Waals surface area contributed by atoms with Crippen LogP contribution in [0, 0.1) is 5.41 Å². The molecule has 1 fully saturated rings. The quantitative estimate of drug-likeness (QED) is 0.732. The predicted octanol–water partition coefficient (Wildman–Crippen LogP) is 2.03. The molecule has 1 aromatic heterocycles. The highest BCUT2D eigenvalue weighted by Gasteiger charge is 2.40. The Kier molecular flexibility index (Phi) is 1.74. The van der Waals surface area contributed by atoms with Gasteiger partial charge in [-0.05, 0) is 53.6 Å². The second-order valence-electron chi connectivity index (χ2n) is 3.51. The van der Waals surface area contributed by atoms with E-state index in [4.69, 9.17) is 5.73 Å². The first-order chi connectivity index (χ1) is 5.35. The molecule has 0 bridgehead atoms. The Labute approximate surface area is 71.2 Å². The predicted molar refractivity (Wildman–Crippen MR) is 48.7 cm³/mol. The summed E-state index contributed by atoms with van der Waals surface area (Å²) in [6, 6.07) is 2.21. The second-order valence-corrected chi connectivity index (χ2v) is 4.29. The zero-order chi connectivity index (χ0) is 7.73. The molecule has 0 aliphatic heterocycles. The van der Waals surface area contributed by atoms with Crippen molar-refractivity contribution in [2.75, 3.05) is 6.54 Å². The maximum absolute atomic E-state index is 5.69. The fraction of sp³-hybridized carbons (Fsp3) is 0.556. The molecule has 0 spiro atoms. The van der Waals surface area contributed by atoms with E-state index < -0.39 is 0 Å². The van der Waals surface area contributed by atoms with Gasteiger partial charge in [0.2, 0.25) is 0 Å². The normalized spacial score (nSPS) is 20.1. The molecule has 60 valence electrons. The van der Waals surface area contributed by atoms with E-state index in [9.17, 15) is 0 Å². The molecule has 0 saturated heterocycles. The van der Waals surface area contributed by atoms with E-state index in [0.29, 0.717) is 5.41 Å². The Morgan fingerprint density at radius 2 is 2.36 bits per heavy atom. The minimum atomic E-state index is 0.501. The molecule has 1 aromatic rings. The Morgan fingerprint density at radius 1 is 1.55 bits per heavy atom. The summed E-state index contributed by atoms with van der Waals surface area (Å²) in [5, 5.41) is 4.37. The van der Waals surface area contributed by atoms with Crippen molar-refractivity contribution >= 4 is 11.3 Å². The van der Waals surface area contributed by atoms with Crippen LogP contribution in [-0.2, 0) is 6.42 Å². The van der Waals surface area contributed by atoms with Crippen LogP contribution in [0.15, 0.2) is 16.8 Å². The van der Waals surface area contributed by atoms with Crippen LogP contribution in [0.5, 0.6) is 0 Å². The Morgan fingerprint density at radius 3 is 2.82 bits per heavy atom. The smallest absolute Gasteiger partial charge is 0.00173 e. The maximum atomic E-state index is 5.69. The average molecular weight is 167 g/mol. The van der Waals surface area contributed by atoms with Gasteiger partial charge in [-0.15, -0.1) is 0 Å². The fourth-order valence-corrected chi connectivity index (χ4v) is 2.12. The van der Waals surface area contributed by atoms with Gasteiger partial charge in [-0.2, -0.15) is 11.3 Å². The molecule has 2 heteroatoms. The minimum absolute atomic E-state index is 0.501. The molecule has 2 N–H and O–H groups in total. The van der Waals surface area contributed by atoms with Crippen molar-refractivity contribution in [3.63, 3.8) is 0 Å². The average Bonchev–Trinajstić information content (AvgIpc) is 2.59. The third-order valence-electron chi connectivity index (χ3n) is 2.55. The molecule has 0 unspecified atom stereocenters. The summed E-state index contributed by atoms with van der Waals surface area (Å²) in [5.74, 6) is 0. The summed E-state index contributed by atoms with van der Waals surface area (Å²) in [4.78, 5) is 0. The third-order valence-corrected chi connectivity index (χ3v) is 3.28. The summed E-state index contributed by atoms with van der Waals surface area (Å²) < 4.78 is 0. The van der Waals surface area contributed by atoms with Gasteiger partial charge >= 0.3 is 0 Å². The molecular weight excluding hydrogens is 154 g/mol. The van der Waals surface area contributed by atoms with Gasteiger partial charge in [-0.25, -0.2) is 0 Å². The van der Waals surface area contributed by atoms with Gasteiger partial charge in [-0.3, -0.25) is 0 Å². The van der Waals surface area contributed by atoms with Crippen LogP contribution in [0.1, 0.15) is 18.4 Å². The second kappa shape index (κ2) is 2.61. The van der Waals surface area contributed by atoms with Crippen LogP contribution in [0.25, 0.3) is 0 Å². The SMILES string of the molecule is NCC1(Cc2ccsc2)CC1. The lowest BCUT2D eigenvalue weighted by Crippen LogP contribution is -2.17. The monoisotopic (exact) mass is 167 g/mol. The van der Waals surface area contributed by atoms with Crippen molar-refractivity contribution in [1.82, 2.24) is 0 Å². The van der Waals surface area contributed by atoms with E-state index in [-0.39, 0.29) is 0 Å². The van der Waals surface area contributed by atoms with Crippen molar-refractivity contribution in [2.45, 2.75) is 19.3 Å². The van der Waals surface area contributed by atoms with Crippen molar-refractivity contribution in [3.8, 4) is 0 Å². The number of nitrogens with two attached hydrogens (primary N) is 1. The van der Waals surface area contributed by atoms with Gasteiger partial charge in [0, 0.05) is 0 Å². The zero-order valence-electron chi connectivity index (χ0n) is 6.55. The van der Waals surface area contributed by atoms with Crippen molar-refractivity contribution in [1.29, 1.82) is 0 Å². The molecule has 1 aliphatic rings. The van der Waals surface area contributed by atoms with Gasteiger partial charge < -0.3 is 5.73 Å². The van der Waals surface area contributed by atoms with E-state index in [1.165, 1.54) is 24.8 Å². The largest absolute Gasteiger partial charge is 0.330 e. The maximum Gasteiger partial charge on any atom is -0.00173 e. The van der Waals surface area contributed by atoms with Crippen LogP contribution in [0.2, 0.25) is 0 Å². The lowest BCUT2D eigenvalue weighted by molar-refractivity contribution is 0.522. The highest BCUT2D eigenvalue weighted by molar-refractivity contribution is 7.07. The summed E-state index contributed by atoms with van der Waals surface area (Å²) in [5.41, 5.74) is 7.66. The highest BCUT2D eigenvalue weighted by Crippen LogP contribution is 2.47. The van der Waals surface area contributed by atoms with Crippen LogP contribution in [0.4, 0.5) is 0 Å². The van der Waals surface area contributed by atoms with E-state index in [1.54, 1.807) is 11.3 Å². The first-order valence-electron chi connectivity index (χ1n) is 4.06. The van der Waals surface area contributed by atoms with Crippen molar-refractivity contribution in [3.05, 3.63) is 22.4 Å². The topological polar surface area (TPSA) is 26.0 Å². The van der Waals surface area contributed by atoms with Gasteiger partial charge in [0.25, 0.3) is 0 Å². The summed E-state index contributed by atoms with van der Waals surface area (Å²) in [6.45, 7) is 0.864. The van der Waals surface area contributed by atoms with Gasteiger partial charge in [0.15, 0.2) is 0 Å². The molecular formula is C9H13NS.